The normalized spacial score (nSPS) is 15.0. The lowest BCUT2D eigenvalue weighted by atomic mass is 9.96. The number of aromatic nitrogens is 2. The summed E-state index contributed by atoms with van der Waals surface area (Å²) < 4.78 is 0. The first kappa shape index (κ1) is 22.3. The number of nitrogens with one attached hydrogen (secondary N) is 1. The number of imidazole rings is 1. The molecule has 5 heteroatoms. The molecule has 0 bridgehead atoms. The molecule has 3 aromatic carbocycles. The van der Waals surface area contributed by atoms with Gasteiger partial charge >= 0.3 is 0 Å². The zero-order chi connectivity index (χ0) is 23.3. The molecule has 0 spiro atoms. The summed E-state index contributed by atoms with van der Waals surface area (Å²) >= 11 is 0. The standard InChI is InChI=1S/C29H30N4O/c1-22-27(31-29(30-22)25-15-9-4-10-16-25)26(34)21-32-17-19-33(20-18-32)28(23-11-5-2-6-12-23)24-13-7-3-8-14-24/h2-16,28H,17-21H2,1H3,(H,30,31). The Morgan fingerprint density at radius 2 is 1.35 bits per heavy atom. The minimum absolute atomic E-state index is 0.0760. The Balaban J connectivity index is 1.25. The number of ketones is 1. The van der Waals surface area contributed by atoms with Crippen LogP contribution in [0.5, 0.6) is 0 Å². The van der Waals surface area contributed by atoms with Gasteiger partial charge in [0.05, 0.1) is 12.6 Å². The molecular formula is C29H30N4O. The average molecular weight is 451 g/mol. The fourth-order valence-electron chi connectivity index (χ4n) is 4.81. The Kier molecular flexibility index (Phi) is 6.65. The summed E-state index contributed by atoms with van der Waals surface area (Å²) in [5.41, 5.74) is 4.98. The van der Waals surface area contributed by atoms with E-state index in [1.807, 2.05) is 37.3 Å². The van der Waals surface area contributed by atoms with Crippen molar-refractivity contribution in [2.24, 2.45) is 0 Å². The van der Waals surface area contributed by atoms with Crippen LogP contribution in [0.4, 0.5) is 0 Å². The maximum atomic E-state index is 13.1. The highest BCUT2D eigenvalue weighted by Crippen LogP contribution is 2.29. The Bertz CT molecular complexity index is 1170. The second-order valence-corrected chi connectivity index (χ2v) is 8.88. The van der Waals surface area contributed by atoms with Crippen molar-refractivity contribution < 1.29 is 4.79 Å². The van der Waals surface area contributed by atoms with Crippen molar-refractivity contribution in [1.29, 1.82) is 0 Å². The molecule has 0 atom stereocenters. The van der Waals surface area contributed by atoms with E-state index in [1.54, 1.807) is 0 Å². The minimum Gasteiger partial charge on any atom is -0.341 e. The summed E-state index contributed by atoms with van der Waals surface area (Å²) in [5.74, 6) is 0.826. The molecule has 0 unspecified atom stereocenters. The molecule has 5 nitrogen and oxygen atoms in total. The van der Waals surface area contributed by atoms with Gasteiger partial charge in [-0.25, -0.2) is 4.98 Å². The average Bonchev–Trinajstić information content (AvgIpc) is 3.29. The Morgan fingerprint density at radius 3 is 1.91 bits per heavy atom. The number of Topliss-reactive ketones (excluding diaryl/α,β-unsaturated/α-hetero) is 1. The van der Waals surface area contributed by atoms with Gasteiger partial charge in [0.15, 0.2) is 5.78 Å². The monoisotopic (exact) mass is 450 g/mol. The van der Waals surface area contributed by atoms with Crippen LogP contribution in [0.25, 0.3) is 11.4 Å². The van der Waals surface area contributed by atoms with Crippen LogP contribution in [-0.2, 0) is 0 Å². The smallest absolute Gasteiger partial charge is 0.196 e. The van der Waals surface area contributed by atoms with E-state index in [2.05, 4.69) is 80.4 Å². The quantitative estimate of drug-likeness (QED) is 0.404. The van der Waals surface area contributed by atoms with E-state index in [4.69, 9.17) is 0 Å². The number of H-pyrrole nitrogens is 1. The molecule has 4 aromatic rings. The molecule has 0 aliphatic carbocycles. The lowest BCUT2D eigenvalue weighted by Gasteiger charge is -2.39. The molecule has 5 rings (SSSR count). The molecule has 1 saturated heterocycles. The van der Waals surface area contributed by atoms with Crippen LogP contribution in [0.1, 0.15) is 33.4 Å². The highest BCUT2D eigenvalue weighted by Gasteiger charge is 2.28. The fourth-order valence-corrected chi connectivity index (χ4v) is 4.81. The third-order valence-corrected chi connectivity index (χ3v) is 6.57. The van der Waals surface area contributed by atoms with Gasteiger partial charge < -0.3 is 4.98 Å². The zero-order valence-corrected chi connectivity index (χ0v) is 19.5. The first-order chi connectivity index (χ1) is 16.7. The molecule has 0 saturated carbocycles. The van der Waals surface area contributed by atoms with Crippen molar-refractivity contribution in [2.75, 3.05) is 32.7 Å². The van der Waals surface area contributed by atoms with Crippen molar-refractivity contribution in [3.63, 3.8) is 0 Å². The highest BCUT2D eigenvalue weighted by molar-refractivity contribution is 5.97. The molecule has 1 aliphatic rings. The Morgan fingerprint density at radius 1 is 0.824 bits per heavy atom. The molecule has 0 amide bonds. The van der Waals surface area contributed by atoms with E-state index in [0.29, 0.717) is 12.2 Å². The largest absolute Gasteiger partial charge is 0.341 e. The number of hydrogen-bond acceptors (Lipinski definition) is 4. The summed E-state index contributed by atoms with van der Waals surface area (Å²) in [5, 5.41) is 0. The molecule has 1 N–H and O–H groups in total. The molecular weight excluding hydrogens is 420 g/mol. The van der Waals surface area contributed by atoms with Gasteiger partial charge in [0, 0.05) is 37.4 Å². The number of piperazine rings is 1. The van der Waals surface area contributed by atoms with Gasteiger partial charge in [-0.15, -0.1) is 0 Å². The lowest BCUT2D eigenvalue weighted by Crippen LogP contribution is -2.49. The van der Waals surface area contributed by atoms with Crippen molar-refractivity contribution in [3.05, 3.63) is 114 Å². The third kappa shape index (κ3) is 4.86. The van der Waals surface area contributed by atoms with E-state index in [1.165, 1.54) is 11.1 Å². The number of aryl methyl sites for hydroxylation is 1. The van der Waals surface area contributed by atoms with E-state index in [9.17, 15) is 4.79 Å². The van der Waals surface area contributed by atoms with E-state index < -0.39 is 0 Å². The van der Waals surface area contributed by atoms with Crippen LogP contribution >= 0.6 is 0 Å². The topological polar surface area (TPSA) is 52.2 Å². The summed E-state index contributed by atoms with van der Waals surface area (Å²) in [6.07, 6.45) is 0. The third-order valence-electron chi connectivity index (χ3n) is 6.57. The van der Waals surface area contributed by atoms with Gasteiger partial charge in [-0.3, -0.25) is 14.6 Å². The first-order valence-corrected chi connectivity index (χ1v) is 11.9. The van der Waals surface area contributed by atoms with E-state index in [0.717, 1.165) is 43.3 Å². The number of carbonyl (C=O) groups excluding carboxylic acids is 1. The van der Waals surface area contributed by atoms with E-state index >= 15 is 0 Å². The van der Waals surface area contributed by atoms with Crippen LogP contribution in [0.2, 0.25) is 0 Å². The van der Waals surface area contributed by atoms with Crippen molar-refractivity contribution in [3.8, 4) is 11.4 Å². The van der Waals surface area contributed by atoms with Crippen LogP contribution in [0.15, 0.2) is 91.0 Å². The first-order valence-electron chi connectivity index (χ1n) is 11.9. The predicted molar refractivity (Wildman–Crippen MR) is 136 cm³/mol. The summed E-state index contributed by atoms with van der Waals surface area (Å²) in [7, 11) is 0. The Hall–Kier alpha value is -3.54. The van der Waals surface area contributed by atoms with Gasteiger partial charge in [-0.05, 0) is 18.1 Å². The second-order valence-electron chi connectivity index (χ2n) is 8.88. The number of hydrogen-bond donors (Lipinski definition) is 1. The van der Waals surface area contributed by atoms with Gasteiger partial charge in [-0.2, -0.15) is 0 Å². The molecule has 2 heterocycles. The lowest BCUT2D eigenvalue weighted by molar-refractivity contribution is 0.0803. The number of nitrogens with zero attached hydrogens (tertiary/aromatic N) is 3. The summed E-state index contributed by atoms with van der Waals surface area (Å²) in [6.45, 7) is 5.87. The number of aromatic amines is 1. The second kappa shape index (κ2) is 10.2. The molecule has 1 aromatic heterocycles. The number of benzene rings is 3. The van der Waals surface area contributed by atoms with E-state index in [-0.39, 0.29) is 11.8 Å². The Labute approximate surface area is 201 Å². The number of carbonyl (C=O) groups is 1. The van der Waals surface area contributed by atoms with Crippen LogP contribution in [0, 0.1) is 6.92 Å². The molecule has 34 heavy (non-hydrogen) atoms. The minimum atomic E-state index is 0.0760. The SMILES string of the molecule is Cc1[nH]c(-c2ccccc2)nc1C(=O)CN1CCN(C(c2ccccc2)c2ccccc2)CC1. The van der Waals surface area contributed by atoms with Crippen LogP contribution in [0.3, 0.4) is 0 Å². The predicted octanol–water partition coefficient (Wildman–Crippen LogP) is 4.98. The molecule has 1 aliphatic heterocycles. The summed E-state index contributed by atoms with van der Waals surface area (Å²) in [6, 6.07) is 31.5. The van der Waals surface area contributed by atoms with Gasteiger partial charge in [-0.1, -0.05) is 91.0 Å². The van der Waals surface area contributed by atoms with Gasteiger partial charge in [0.25, 0.3) is 0 Å². The van der Waals surface area contributed by atoms with Crippen LogP contribution < -0.4 is 0 Å². The number of rotatable bonds is 7. The zero-order valence-electron chi connectivity index (χ0n) is 19.5. The molecule has 0 radical (unpaired) electrons. The summed E-state index contributed by atoms with van der Waals surface area (Å²) in [4.78, 5) is 25.8. The van der Waals surface area contributed by atoms with Crippen molar-refractivity contribution in [2.45, 2.75) is 13.0 Å². The van der Waals surface area contributed by atoms with Crippen molar-refractivity contribution in [1.82, 2.24) is 19.8 Å². The fraction of sp³-hybridized carbons (Fsp3) is 0.241. The van der Waals surface area contributed by atoms with Crippen LogP contribution in [-0.4, -0.2) is 58.3 Å². The van der Waals surface area contributed by atoms with Gasteiger partial charge in [0.2, 0.25) is 0 Å². The molecule has 1 fully saturated rings. The van der Waals surface area contributed by atoms with Crippen molar-refractivity contribution >= 4 is 5.78 Å². The maximum Gasteiger partial charge on any atom is 0.196 e. The van der Waals surface area contributed by atoms with Gasteiger partial charge in [0.1, 0.15) is 11.5 Å². The molecule has 172 valence electrons. The highest BCUT2D eigenvalue weighted by atomic mass is 16.1. The maximum absolute atomic E-state index is 13.1.